The van der Waals surface area contributed by atoms with E-state index in [0.29, 0.717) is 18.4 Å². The van der Waals surface area contributed by atoms with E-state index in [1.165, 1.54) is 15.9 Å². The van der Waals surface area contributed by atoms with Crippen LogP contribution in [0.5, 0.6) is 0 Å². The first-order valence-electron chi connectivity index (χ1n) is 7.53. The Kier molecular flexibility index (Phi) is 4.30. The Hall–Kier alpha value is -2.40. The van der Waals surface area contributed by atoms with Gasteiger partial charge in [0.15, 0.2) is 0 Å². The van der Waals surface area contributed by atoms with Crippen molar-refractivity contribution in [3.63, 3.8) is 0 Å². The predicted molar refractivity (Wildman–Crippen MR) is 92.6 cm³/mol. The summed E-state index contributed by atoms with van der Waals surface area (Å²) in [6.45, 7) is 2.38. The smallest absolute Gasteiger partial charge is 0.352 e. The average Bonchev–Trinajstić information content (AvgIpc) is 2.98. The van der Waals surface area contributed by atoms with Crippen LogP contribution in [0, 0.1) is 0 Å². The zero-order valence-corrected chi connectivity index (χ0v) is 13.6. The molecule has 0 saturated carbocycles. The molecule has 3 rings (SSSR count). The van der Waals surface area contributed by atoms with Crippen molar-refractivity contribution in [2.45, 2.75) is 26.3 Å². The minimum atomic E-state index is -1.07. The normalized spacial score (nSPS) is 11.0. The molecular formula is C18H17NO3S. The molecule has 0 aliphatic heterocycles. The van der Waals surface area contributed by atoms with Gasteiger partial charge in [-0.2, -0.15) is 0 Å². The third kappa shape index (κ3) is 3.05. The fourth-order valence-corrected chi connectivity index (χ4v) is 3.68. The third-order valence-electron chi connectivity index (χ3n) is 3.88. The summed E-state index contributed by atoms with van der Waals surface area (Å²) in [6.07, 6.45) is 1.46. The lowest BCUT2D eigenvalue weighted by Crippen LogP contribution is -2.26. The van der Waals surface area contributed by atoms with E-state index >= 15 is 0 Å². The van der Waals surface area contributed by atoms with E-state index in [9.17, 15) is 14.7 Å². The highest BCUT2D eigenvalue weighted by Gasteiger charge is 2.16. The summed E-state index contributed by atoms with van der Waals surface area (Å²) < 4.78 is 2.13. The van der Waals surface area contributed by atoms with Crippen LogP contribution in [0.3, 0.4) is 0 Å². The summed E-state index contributed by atoms with van der Waals surface area (Å²) in [4.78, 5) is 25.4. The first-order chi connectivity index (χ1) is 11.1. The minimum absolute atomic E-state index is 0.0583. The molecule has 0 atom stereocenters. The number of rotatable bonds is 5. The van der Waals surface area contributed by atoms with Crippen LogP contribution in [0.4, 0.5) is 0 Å². The van der Waals surface area contributed by atoms with Gasteiger partial charge in [-0.1, -0.05) is 37.3 Å². The van der Waals surface area contributed by atoms with Crippen molar-refractivity contribution in [2.24, 2.45) is 0 Å². The highest BCUT2D eigenvalue weighted by Crippen LogP contribution is 2.24. The van der Waals surface area contributed by atoms with E-state index in [1.807, 2.05) is 43.3 Å². The highest BCUT2D eigenvalue weighted by atomic mass is 32.1. The molecule has 0 bridgehead atoms. The Morgan fingerprint density at radius 2 is 1.96 bits per heavy atom. The Bertz CT molecular complexity index is 909. The standard InChI is InChI=1S/C18H17NO3S/c1-2-13-10-14-16(23-13)11-15(18(21)22)19(17(14)20)9-8-12-6-4-3-5-7-12/h3-7,10-11H,2,8-9H2,1H3,(H,21,22). The number of nitrogens with zero attached hydrogens (tertiary/aromatic N) is 1. The Labute approximate surface area is 137 Å². The van der Waals surface area contributed by atoms with Crippen molar-refractivity contribution in [3.8, 4) is 0 Å². The van der Waals surface area contributed by atoms with Crippen LogP contribution in [-0.2, 0) is 19.4 Å². The fraction of sp³-hybridized carbons (Fsp3) is 0.222. The van der Waals surface area contributed by atoms with Gasteiger partial charge in [0, 0.05) is 16.1 Å². The van der Waals surface area contributed by atoms with Crippen LogP contribution < -0.4 is 5.56 Å². The van der Waals surface area contributed by atoms with Crippen molar-refractivity contribution in [3.05, 3.63) is 69.0 Å². The summed E-state index contributed by atoms with van der Waals surface area (Å²) in [5.74, 6) is -1.07. The summed E-state index contributed by atoms with van der Waals surface area (Å²) in [5, 5.41) is 10.1. The topological polar surface area (TPSA) is 59.3 Å². The number of benzene rings is 1. The quantitative estimate of drug-likeness (QED) is 0.779. The summed E-state index contributed by atoms with van der Waals surface area (Å²) >= 11 is 1.49. The second kappa shape index (κ2) is 6.38. The SMILES string of the molecule is CCc1cc2c(=O)n(CCc3ccccc3)c(C(=O)O)cc2s1. The molecule has 0 amide bonds. The maximum Gasteiger partial charge on any atom is 0.352 e. The number of hydrogen-bond acceptors (Lipinski definition) is 3. The maximum absolute atomic E-state index is 12.7. The number of fused-ring (bicyclic) bond motifs is 1. The van der Waals surface area contributed by atoms with E-state index in [2.05, 4.69) is 0 Å². The molecule has 23 heavy (non-hydrogen) atoms. The number of carboxylic acids is 1. The molecule has 118 valence electrons. The largest absolute Gasteiger partial charge is 0.477 e. The molecule has 0 fully saturated rings. The van der Waals surface area contributed by atoms with Crippen molar-refractivity contribution >= 4 is 27.4 Å². The predicted octanol–water partition coefficient (Wildman–Crippen LogP) is 3.57. The average molecular weight is 327 g/mol. The summed E-state index contributed by atoms with van der Waals surface area (Å²) in [5.41, 5.74) is 0.921. The van der Waals surface area contributed by atoms with Gasteiger partial charge < -0.3 is 9.67 Å². The molecule has 3 aromatic rings. The van der Waals surface area contributed by atoms with Crippen molar-refractivity contribution in [1.82, 2.24) is 4.57 Å². The molecular weight excluding hydrogens is 310 g/mol. The lowest BCUT2D eigenvalue weighted by atomic mass is 10.1. The molecule has 0 radical (unpaired) electrons. The van der Waals surface area contributed by atoms with Gasteiger partial charge in [-0.3, -0.25) is 4.79 Å². The Balaban J connectivity index is 2.06. The van der Waals surface area contributed by atoms with Crippen LogP contribution in [0.15, 0.2) is 47.3 Å². The molecule has 0 saturated heterocycles. The number of pyridine rings is 1. The molecule has 5 heteroatoms. The van der Waals surface area contributed by atoms with Crippen molar-refractivity contribution < 1.29 is 9.90 Å². The molecule has 1 aromatic carbocycles. The van der Waals surface area contributed by atoms with Crippen LogP contribution >= 0.6 is 11.3 Å². The van der Waals surface area contributed by atoms with Gasteiger partial charge in [0.25, 0.3) is 5.56 Å². The monoisotopic (exact) mass is 327 g/mol. The summed E-state index contributed by atoms with van der Waals surface area (Å²) in [7, 11) is 0. The van der Waals surface area contributed by atoms with Crippen LogP contribution in [0.1, 0.15) is 27.9 Å². The van der Waals surface area contributed by atoms with Gasteiger partial charge in [0.1, 0.15) is 5.69 Å². The van der Waals surface area contributed by atoms with Crippen molar-refractivity contribution in [1.29, 1.82) is 0 Å². The van der Waals surface area contributed by atoms with E-state index in [0.717, 1.165) is 21.6 Å². The number of aromatic nitrogens is 1. The number of carboxylic acid groups (broad SMARTS) is 1. The first-order valence-corrected chi connectivity index (χ1v) is 8.35. The summed E-state index contributed by atoms with van der Waals surface area (Å²) in [6, 6.07) is 13.3. The van der Waals surface area contributed by atoms with E-state index in [4.69, 9.17) is 0 Å². The second-order valence-corrected chi connectivity index (χ2v) is 6.54. The maximum atomic E-state index is 12.7. The lowest BCUT2D eigenvalue weighted by molar-refractivity contribution is 0.0683. The molecule has 1 N–H and O–H groups in total. The van der Waals surface area contributed by atoms with Gasteiger partial charge in [-0.15, -0.1) is 11.3 Å². The zero-order chi connectivity index (χ0) is 16.4. The number of thiophene rings is 1. The number of aryl methyl sites for hydroxylation is 2. The first kappa shape index (κ1) is 15.5. The Morgan fingerprint density at radius 3 is 2.61 bits per heavy atom. The van der Waals surface area contributed by atoms with E-state index in [-0.39, 0.29) is 11.3 Å². The Morgan fingerprint density at radius 1 is 1.22 bits per heavy atom. The van der Waals surface area contributed by atoms with Crippen molar-refractivity contribution in [2.75, 3.05) is 0 Å². The van der Waals surface area contributed by atoms with E-state index in [1.54, 1.807) is 6.07 Å². The van der Waals surface area contributed by atoms with Gasteiger partial charge in [0.2, 0.25) is 0 Å². The second-order valence-electron chi connectivity index (χ2n) is 5.37. The molecule has 0 unspecified atom stereocenters. The molecule has 2 heterocycles. The van der Waals surface area contributed by atoms with Crippen LogP contribution in [-0.4, -0.2) is 15.6 Å². The van der Waals surface area contributed by atoms with Gasteiger partial charge in [0.05, 0.1) is 5.39 Å². The van der Waals surface area contributed by atoms with Gasteiger partial charge in [-0.25, -0.2) is 4.79 Å². The minimum Gasteiger partial charge on any atom is -0.477 e. The fourth-order valence-electron chi connectivity index (χ4n) is 2.65. The number of aromatic carboxylic acids is 1. The zero-order valence-electron chi connectivity index (χ0n) is 12.8. The molecule has 4 nitrogen and oxygen atoms in total. The third-order valence-corrected chi connectivity index (χ3v) is 5.11. The molecule has 0 spiro atoms. The highest BCUT2D eigenvalue weighted by molar-refractivity contribution is 7.19. The van der Waals surface area contributed by atoms with E-state index < -0.39 is 5.97 Å². The molecule has 0 aliphatic carbocycles. The van der Waals surface area contributed by atoms with Crippen LogP contribution in [0.25, 0.3) is 10.1 Å². The number of hydrogen-bond donors (Lipinski definition) is 1. The number of carbonyl (C=O) groups is 1. The van der Waals surface area contributed by atoms with Gasteiger partial charge in [-0.05, 0) is 30.5 Å². The molecule has 2 aromatic heterocycles. The van der Waals surface area contributed by atoms with Gasteiger partial charge >= 0.3 is 5.97 Å². The molecule has 0 aliphatic rings. The lowest BCUT2D eigenvalue weighted by Gasteiger charge is -2.10. The van der Waals surface area contributed by atoms with Crippen LogP contribution in [0.2, 0.25) is 0 Å².